The van der Waals surface area contributed by atoms with E-state index in [-0.39, 0.29) is 6.61 Å². The Morgan fingerprint density at radius 1 is 1.29 bits per heavy atom. The van der Waals surface area contributed by atoms with Gasteiger partial charge in [-0.2, -0.15) is 0 Å². The number of aliphatic hydroxyl groups is 5. The highest BCUT2D eigenvalue weighted by Gasteiger charge is 2.54. The molecule has 0 bridgehead atoms. The molecule has 1 saturated heterocycles. The molecule has 156 valence electrons. The van der Waals surface area contributed by atoms with Crippen molar-refractivity contribution in [3.8, 4) is 0 Å². The maximum Gasteiger partial charge on any atom is 0.407 e. The molecular weight excluding hydrogens is 378 g/mol. The second-order valence-electron chi connectivity index (χ2n) is 6.42. The Bertz CT molecular complexity index is 671. The molecule has 28 heavy (non-hydrogen) atoms. The lowest BCUT2D eigenvalue weighted by atomic mass is 9.89. The molecule has 1 aromatic carbocycles. The Labute approximate surface area is 159 Å². The van der Waals surface area contributed by atoms with Crippen LogP contribution in [-0.2, 0) is 20.9 Å². The van der Waals surface area contributed by atoms with Gasteiger partial charge in [0, 0.05) is 6.42 Å². The summed E-state index contributed by atoms with van der Waals surface area (Å²) in [4.78, 5) is 23.3. The van der Waals surface area contributed by atoms with Crippen LogP contribution >= 0.6 is 0 Å². The van der Waals surface area contributed by atoms with Gasteiger partial charge in [0.15, 0.2) is 0 Å². The first-order chi connectivity index (χ1) is 13.2. The van der Waals surface area contributed by atoms with E-state index < -0.39 is 61.3 Å². The van der Waals surface area contributed by atoms with Gasteiger partial charge in [-0.15, -0.1) is 0 Å². The number of benzene rings is 1. The number of aliphatic carboxylic acids is 1. The molecule has 1 fully saturated rings. The van der Waals surface area contributed by atoms with Gasteiger partial charge in [-0.3, -0.25) is 0 Å². The van der Waals surface area contributed by atoms with E-state index in [2.05, 4.69) is 5.32 Å². The van der Waals surface area contributed by atoms with Crippen LogP contribution in [0.3, 0.4) is 0 Å². The number of aliphatic hydroxyl groups excluding tert-OH is 4. The fourth-order valence-corrected chi connectivity index (χ4v) is 2.80. The standard InChI is InChI=1S/C17H23NO10/c19-7-11(21)13(22)14-12(10(20)6-17(26,28-14)15(23)24)18-16(25)27-8-9-4-2-1-3-5-9/h1-5,10-14,19-22,26H,6-8H2,(H,18,25)(H,23,24)/t10-,11+,12+,13+,14+,17+/m0/s1. The molecule has 0 aliphatic carbocycles. The van der Waals surface area contributed by atoms with E-state index in [0.29, 0.717) is 5.56 Å². The molecule has 7 N–H and O–H groups in total. The minimum absolute atomic E-state index is 0.0953. The van der Waals surface area contributed by atoms with Gasteiger partial charge in [0.2, 0.25) is 0 Å². The summed E-state index contributed by atoms with van der Waals surface area (Å²) < 4.78 is 9.98. The highest BCUT2D eigenvalue weighted by Crippen LogP contribution is 2.30. The summed E-state index contributed by atoms with van der Waals surface area (Å²) in [6.45, 7) is -1.00. The van der Waals surface area contributed by atoms with Crippen molar-refractivity contribution in [1.82, 2.24) is 5.32 Å². The van der Waals surface area contributed by atoms with Crippen LogP contribution < -0.4 is 5.32 Å². The van der Waals surface area contributed by atoms with Gasteiger partial charge in [0.1, 0.15) is 24.9 Å². The summed E-state index contributed by atoms with van der Waals surface area (Å²) in [6, 6.07) is 7.25. The number of carboxylic acid groups (broad SMARTS) is 1. The van der Waals surface area contributed by atoms with E-state index in [1.807, 2.05) is 0 Å². The second kappa shape index (κ2) is 9.28. The molecular formula is C17H23NO10. The Balaban J connectivity index is 2.11. The smallest absolute Gasteiger partial charge is 0.407 e. The lowest BCUT2D eigenvalue weighted by Gasteiger charge is -2.44. The monoisotopic (exact) mass is 401 g/mol. The minimum atomic E-state index is -2.85. The van der Waals surface area contributed by atoms with Crippen molar-refractivity contribution in [2.75, 3.05) is 6.61 Å². The number of hydrogen-bond donors (Lipinski definition) is 7. The van der Waals surface area contributed by atoms with Gasteiger partial charge in [0.25, 0.3) is 5.79 Å². The van der Waals surface area contributed by atoms with Crippen molar-refractivity contribution >= 4 is 12.1 Å². The summed E-state index contributed by atoms with van der Waals surface area (Å²) >= 11 is 0. The number of ether oxygens (including phenoxy) is 2. The number of carbonyl (C=O) groups excluding carboxylic acids is 1. The number of nitrogens with one attached hydrogen (secondary N) is 1. The topological polar surface area (TPSA) is 186 Å². The molecule has 0 saturated carbocycles. The Morgan fingerprint density at radius 3 is 2.50 bits per heavy atom. The van der Waals surface area contributed by atoms with Gasteiger partial charge in [-0.1, -0.05) is 30.3 Å². The van der Waals surface area contributed by atoms with E-state index in [0.717, 1.165) is 0 Å². The van der Waals surface area contributed by atoms with Crippen LogP contribution in [0.15, 0.2) is 30.3 Å². The molecule has 1 amide bonds. The predicted molar refractivity (Wildman–Crippen MR) is 90.7 cm³/mol. The van der Waals surface area contributed by atoms with Crippen molar-refractivity contribution in [3.05, 3.63) is 35.9 Å². The zero-order valence-electron chi connectivity index (χ0n) is 14.7. The summed E-state index contributed by atoms with van der Waals surface area (Å²) in [6.07, 6.45) is -8.94. The third kappa shape index (κ3) is 5.16. The van der Waals surface area contributed by atoms with Crippen molar-refractivity contribution in [2.45, 2.75) is 49.3 Å². The summed E-state index contributed by atoms with van der Waals surface area (Å²) in [5, 5.41) is 60.3. The summed E-state index contributed by atoms with van der Waals surface area (Å²) in [7, 11) is 0. The quantitative estimate of drug-likeness (QED) is 0.267. The average molecular weight is 401 g/mol. The molecule has 1 aliphatic heterocycles. The molecule has 2 rings (SSSR count). The zero-order chi connectivity index (χ0) is 20.9. The number of amides is 1. The molecule has 11 heteroatoms. The minimum Gasteiger partial charge on any atom is -0.477 e. The maximum atomic E-state index is 12.1. The van der Waals surface area contributed by atoms with Crippen LogP contribution in [0.1, 0.15) is 12.0 Å². The first-order valence-electron chi connectivity index (χ1n) is 8.44. The lowest BCUT2D eigenvalue weighted by molar-refractivity contribution is -0.294. The molecule has 0 unspecified atom stereocenters. The van der Waals surface area contributed by atoms with Crippen molar-refractivity contribution in [2.24, 2.45) is 0 Å². The van der Waals surface area contributed by atoms with E-state index in [1.54, 1.807) is 30.3 Å². The highest BCUT2D eigenvalue weighted by atomic mass is 16.7. The molecule has 0 radical (unpaired) electrons. The molecule has 0 aromatic heterocycles. The molecule has 1 aromatic rings. The fourth-order valence-electron chi connectivity index (χ4n) is 2.80. The van der Waals surface area contributed by atoms with Crippen LogP contribution in [0.5, 0.6) is 0 Å². The molecule has 1 aliphatic rings. The van der Waals surface area contributed by atoms with Crippen LogP contribution in [-0.4, -0.2) is 85.6 Å². The highest BCUT2D eigenvalue weighted by molar-refractivity contribution is 5.75. The van der Waals surface area contributed by atoms with Gasteiger partial charge in [0.05, 0.1) is 18.8 Å². The number of alkyl carbamates (subject to hydrolysis) is 1. The first-order valence-corrected chi connectivity index (χ1v) is 8.44. The average Bonchev–Trinajstić information content (AvgIpc) is 2.67. The SMILES string of the molecule is O=C(N[C@H]1[C@H]([C@H](O)[C@H](O)CO)O[C@@](O)(C(=O)O)C[C@@H]1O)OCc1ccccc1. The first kappa shape index (κ1) is 22.0. The Hall–Kier alpha value is -2.28. The number of carboxylic acids is 1. The number of rotatable bonds is 7. The van der Waals surface area contributed by atoms with Gasteiger partial charge >= 0.3 is 12.1 Å². The molecule has 1 heterocycles. The zero-order valence-corrected chi connectivity index (χ0v) is 14.7. The van der Waals surface area contributed by atoms with Gasteiger partial charge in [-0.05, 0) is 5.56 Å². The largest absolute Gasteiger partial charge is 0.477 e. The number of hydrogen-bond acceptors (Lipinski definition) is 9. The molecule has 0 spiro atoms. The maximum absolute atomic E-state index is 12.1. The van der Waals surface area contributed by atoms with Crippen molar-refractivity contribution < 1.29 is 49.7 Å². The van der Waals surface area contributed by atoms with E-state index in [9.17, 15) is 30.0 Å². The number of carbonyl (C=O) groups is 2. The predicted octanol–water partition coefficient (Wildman–Crippen LogP) is -2.08. The summed E-state index contributed by atoms with van der Waals surface area (Å²) in [5.74, 6) is -4.68. The van der Waals surface area contributed by atoms with E-state index in [1.165, 1.54) is 0 Å². The van der Waals surface area contributed by atoms with Crippen molar-refractivity contribution in [1.29, 1.82) is 0 Å². The fraction of sp³-hybridized carbons (Fsp3) is 0.529. The third-order valence-electron chi connectivity index (χ3n) is 4.33. The van der Waals surface area contributed by atoms with Gasteiger partial charge in [-0.25, -0.2) is 9.59 Å². The van der Waals surface area contributed by atoms with E-state index >= 15 is 0 Å². The lowest BCUT2D eigenvalue weighted by Crippen LogP contribution is -2.67. The second-order valence-corrected chi connectivity index (χ2v) is 6.42. The van der Waals surface area contributed by atoms with Crippen LogP contribution in [0.25, 0.3) is 0 Å². The normalized spacial score (nSPS) is 29.5. The van der Waals surface area contributed by atoms with Crippen LogP contribution in [0.4, 0.5) is 4.79 Å². The van der Waals surface area contributed by atoms with E-state index in [4.69, 9.17) is 19.7 Å². The third-order valence-corrected chi connectivity index (χ3v) is 4.33. The van der Waals surface area contributed by atoms with Crippen molar-refractivity contribution in [3.63, 3.8) is 0 Å². The summed E-state index contributed by atoms with van der Waals surface area (Å²) in [5.41, 5.74) is 0.686. The molecule has 11 nitrogen and oxygen atoms in total. The van der Waals surface area contributed by atoms with Crippen LogP contribution in [0, 0.1) is 0 Å². The Kier molecular flexibility index (Phi) is 7.29. The molecule has 6 atom stereocenters. The Morgan fingerprint density at radius 2 is 1.93 bits per heavy atom. The van der Waals surface area contributed by atoms with Gasteiger partial charge < -0.3 is 45.4 Å². The van der Waals surface area contributed by atoms with Crippen LogP contribution in [0.2, 0.25) is 0 Å².